The van der Waals surface area contributed by atoms with Crippen LogP contribution in [0.4, 0.5) is 0 Å². The highest BCUT2D eigenvalue weighted by Gasteiger charge is 2.51. The molecule has 2 unspecified atom stereocenters. The van der Waals surface area contributed by atoms with Gasteiger partial charge in [0.25, 0.3) is 0 Å². The number of phenols is 3. The fraction of sp³-hybridized carbons (Fsp3) is 0.605. The van der Waals surface area contributed by atoms with Crippen LogP contribution in [0.5, 0.6) is 23.0 Å². The van der Waals surface area contributed by atoms with Crippen LogP contribution in [0.15, 0.2) is 35.4 Å². The topological polar surface area (TPSA) is 116 Å². The number of rotatable bonds is 10. The third-order valence-corrected chi connectivity index (χ3v) is 11.5. The molecule has 0 fully saturated rings. The molecule has 2 aromatic rings. The Bertz CT molecular complexity index is 1670. The quantitative estimate of drug-likeness (QED) is 0.112. The predicted octanol–water partition coefficient (Wildman–Crippen LogP) is 10.1. The second kappa shape index (κ2) is 14.3. The number of hydrogen-bond donors (Lipinski definition) is 4. The average molecular weight is 689 g/mol. The molecule has 7 nitrogen and oxygen atoms in total. The molecule has 0 radical (unpaired) electrons. The molecule has 4 atom stereocenters. The standard InChI is InChI=1S/C43H60O7/c1-10-12-14-16-27-24-32(45)35(28-21-25(3)17-18-29(28)41(4,5)6)38(46)34(27)40(48)50-43(9)20-19-30-36(39(43)47)37-31(44)22-26(15-13-11-2)23-33(37)49-42(30,7)8/h21-24,28-29,39,44-47H,10-20H2,1-9H3/t28-,29-,39?,43?/m1/s1. The highest BCUT2D eigenvalue weighted by Crippen LogP contribution is 2.55. The highest BCUT2D eigenvalue weighted by molar-refractivity contribution is 5.96. The van der Waals surface area contributed by atoms with E-state index >= 15 is 0 Å². The third kappa shape index (κ3) is 7.17. The number of hydrogen-bond acceptors (Lipinski definition) is 7. The third-order valence-electron chi connectivity index (χ3n) is 11.5. The van der Waals surface area contributed by atoms with Gasteiger partial charge in [-0.2, -0.15) is 0 Å². The van der Waals surface area contributed by atoms with E-state index in [1.54, 1.807) is 19.1 Å². The molecule has 274 valence electrons. The van der Waals surface area contributed by atoms with E-state index in [1.165, 1.54) is 5.57 Å². The van der Waals surface area contributed by atoms with Gasteiger partial charge in [0.2, 0.25) is 0 Å². The van der Waals surface area contributed by atoms with Crippen molar-refractivity contribution in [1.82, 2.24) is 0 Å². The summed E-state index contributed by atoms with van der Waals surface area (Å²) in [5, 5.41) is 47.1. The summed E-state index contributed by atoms with van der Waals surface area (Å²) in [5.41, 5.74) is 2.73. The van der Waals surface area contributed by atoms with Crippen molar-refractivity contribution in [2.75, 3.05) is 0 Å². The highest BCUT2D eigenvalue weighted by atomic mass is 16.6. The van der Waals surface area contributed by atoms with Crippen LogP contribution in [-0.4, -0.2) is 43.7 Å². The maximum atomic E-state index is 14.5. The number of ether oxygens (including phenoxy) is 2. The molecule has 1 aliphatic heterocycles. The molecule has 2 aromatic carbocycles. The fourth-order valence-electron chi connectivity index (χ4n) is 8.63. The number of phenolic OH excluding ortho intramolecular Hbond substituents is 3. The summed E-state index contributed by atoms with van der Waals surface area (Å²) in [7, 11) is 0. The first kappa shape index (κ1) is 37.8. The van der Waals surface area contributed by atoms with Crippen LogP contribution in [0.1, 0.15) is 159 Å². The molecule has 5 rings (SSSR count). The van der Waals surface area contributed by atoms with E-state index in [2.05, 4.69) is 47.6 Å². The summed E-state index contributed by atoms with van der Waals surface area (Å²) in [5.74, 6) is -0.579. The van der Waals surface area contributed by atoms with E-state index in [0.717, 1.165) is 62.5 Å². The summed E-state index contributed by atoms with van der Waals surface area (Å²) < 4.78 is 12.8. The predicted molar refractivity (Wildman–Crippen MR) is 199 cm³/mol. The minimum absolute atomic E-state index is 0.00992. The summed E-state index contributed by atoms with van der Waals surface area (Å²) in [4.78, 5) is 14.5. The van der Waals surface area contributed by atoms with E-state index in [1.807, 2.05) is 19.9 Å². The van der Waals surface area contributed by atoms with Gasteiger partial charge in [0, 0.05) is 17.1 Å². The summed E-state index contributed by atoms with van der Waals surface area (Å²) in [6, 6.07) is 5.34. The SMILES string of the molecule is CCCCCc1cc(O)c([C@@H]2C=C(C)CC[C@H]2C(C)(C)C)c(O)c1C(=O)OC1(C)CCC2=C(c3c(O)cc(CCCC)cc3OC2(C)C)C1O. The number of benzene rings is 2. The van der Waals surface area contributed by atoms with Gasteiger partial charge in [-0.3, -0.25) is 0 Å². The van der Waals surface area contributed by atoms with Crippen molar-refractivity contribution >= 4 is 11.5 Å². The zero-order valence-corrected chi connectivity index (χ0v) is 31.8. The lowest BCUT2D eigenvalue weighted by atomic mass is 9.65. The number of esters is 1. The van der Waals surface area contributed by atoms with Gasteiger partial charge in [0.15, 0.2) is 0 Å². The number of unbranched alkanes of at least 4 members (excludes halogenated alkanes) is 3. The Hall–Kier alpha value is -3.45. The summed E-state index contributed by atoms with van der Waals surface area (Å²) in [6.45, 7) is 18.5. The molecule has 3 aliphatic rings. The largest absolute Gasteiger partial charge is 0.507 e. The van der Waals surface area contributed by atoms with E-state index in [-0.39, 0.29) is 40.1 Å². The molecular weight excluding hydrogens is 628 g/mol. The number of carbonyl (C=O) groups is 1. The van der Waals surface area contributed by atoms with E-state index < -0.39 is 23.3 Å². The van der Waals surface area contributed by atoms with Gasteiger partial charge >= 0.3 is 5.97 Å². The van der Waals surface area contributed by atoms with Crippen LogP contribution in [-0.2, 0) is 17.6 Å². The van der Waals surface area contributed by atoms with Crippen molar-refractivity contribution in [1.29, 1.82) is 0 Å². The van der Waals surface area contributed by atoms with E-state index in [0.29, 0.717) is 47.3 Å². The van der Waals surface area contributed by atoms with Gasteiger partial charge < -0.3 is 29.9 Å². The van der Waals surface area contributed by atoms with Crippen molar-refractivity contribution in [2.45, 2.75) is 156 Å². The number of aliphatic hydroxyl groups excluding tert-OH is 1. The molecule has 7 heteroatoms. The smallest absolute Gasteiger partial charge is 0.342 e. The Labute approximate surface area is 299 Å². The Balaban J connectivity index is 1.57. The van der Waals surface area contributed by atoms with Crippen molar-refractivity contribution in [3.63, 3.8) is 0 Å². The molecule has 2 aliphatic carbocycles. The van der Waals surface area contributed by atoms with Gasteiger partial charge in [-0.05, 0) is 125 Å². The van der Waals surface area contributed by atoms with Crippen molar-refractivity contribution in [3.05, 3.63) is 63.2 Å². The number of fused-ring (bicyclic) bond motifs is 2. The molecule has 1 heterocycles. The Kier molecular flexibility index (Phi) is 10.8. The molecule has 50 heavy (non-hydrogen) atoms. The molecule has 0 bridgehead atoms. The van der Waals surface area contributed by atoms with Gasteiger partial charge in [-0.1, -0.05) is 65.5 Å². The molecular formula is C43H60O7. The Morgan fingerprint density at radius 1 is 0.960 bits per heavy atom. The first-order valence-electron chi connectivity index (χ1n) is 18.9. The first-order valence-corrected chi connectivity index (χ1v) is 18.9. The van der Waals surface area contributed by atoms with Crippen molar-refractivity contribution < 1.29 is 34.7 Å². The van der Waals surface area contributed by atoms with Crippen molar-refractivity contribution in [3.8, 4) is 23.0 Å². The number of aryl methyl sites for hydroxylation is 2. The monoisotopic (exact) mass is 688 g/mol. The zero-order valence-electron chi connectivity index (χ0n) is 31.8. The van der Waals surface area contributed by atoms with Crippen molar-refractivity contribution in [2.24, 2.45) is 11.3 Å². The Morgan fingerprint density at radius 3 is 2.32 bits per heavy atom. The summed E-state index contributed by atoms with van der Waals surface area (Å²) in [6.07, 6.45) is 9.50. The lowest BCUT2D eigenvalue weighted by Crippen LogP contribution is -2.50. The number of carbonyl (C=O) groups excluding carboxylic acids is 1. The fourth-order valence-corrected chi connectivity index (χ4v) is 8.63. The minimum Gasteiger partial charge on any atom is -0.507 e. The van der Waals surface area contributed by atoms with Gasteiger partial charge in [-0.25, -0.2) is 4.79 Å². The second-order valence-corrected chi connectivity index (χ2v) is 16.9. The Morgan fingerprint density at radius 2 is 1.66 bits per heavy atom. The number of allylic oxidation sites excluding steroid dienone is 2. The molecule has 0 saturated heterocycles. The molecule has 4 N–H and O–H groups in total. The van der Waals surface area contributed by atoms with Crippen LogP contribution in [0, 0.1) is 11.3 Å². The second-order valence-electron chi connectivity index (χ2n) is 16.9. The van der Waals surface area contributed by atoms with Gasteiger partial charge in [0.1, 0.15) is 45.9 Å². The van der Waals surface area contributed by atoms with Gasteiger partial charge in [0.05, 0.1) is 5.56 Å². The summed E-state index contributed by atoms with van der Waals surface area (Å²) >= 11 is 0. The lowest BCUT2D eigenvalue weighted by Gasteiger charge is -2.47. The maximum Gasteiger partial charge on any atom is 0.342 e. The van der Waals surface area contributed by atoms with Gasteiger partial charge in [-0.15, -0.1) is 0 Å². The zero-order chi connectivity index (χ0) is 36.8. The minimum atomic E-state index is -1.37. The normalized spacial score (nSPS) is 24.6. The van der Waals surface area contributed by atoms with E-state index in [4.69, 9.17) is 9.47 Å². The molecule has 0 aromatic heterocycles. The van der Waals surface area contributed by atoms with Crippen LogP contribution in [0.3, 0.4) is 0 Å². The number of aliphatic hydroxyl groups is 1. The van der Waals surface area contributed by atoms with Crippen LogP contribution >= 0.6 is 0 Å². The first-order chi connectivity index (χ1) is 23.4. The maximum absolute atomic E-state index is 14.5. The van der Waals surface area contributed by atoms with E-state index in [9.17, 15) is 25.2 Å². The van der Waals surface area contributed by atoms with Crippen LogP contribution < -0.4 is 4.74 Å². The molecule has 0 saturated carbocycles. The molecule has 0 spiro atoms. The van der Waals surface area contributed by atoms with Crippen LogP contribution in [0.2, 0.25) is 0 Å². The van der Waals surface area contributed by atoms with Crippen LogP contribution in [0.25, 0.3) is 5.57 Å². The number of aromatic hydroxyl groups is 3. The lowest BCUT2D eigenvalue weighted by molar-refractivity contribution is -0.0694. The average Bonchev–Trinajstić information content (AvgIpc) is 3.00. The molecule has 0 amide bonds.